The molecule has 2 aliphatic heterocycles. The van der Waals surface area contributed by atoms with Crippen molar-refractivity contribution in [3.05, 3.63) is 38.4 Å². The van der Waals surface area contributed by atoms with Crippen LogP contribution >= 0.6 is 59.7 Å². The Labute approximate surface area is 201 Å². The lowest BCUT2D eigenvalue weighted by molar-refractivity contribution is -0.151. The van der Waals surface area contributed by atoms with Crippen LogP contribution in [0.1, 0.15) is 16.5 Å². The van der Waals surface area contributed by atoms with Crippen molar-refractivity contribution in [2.75, 3.05) is 11.5 Å². The number of fused-ring (bicyclic) bond motifs is 1. The van der Waals surface area contributed by atoms with Gasteiger partial charge in [0.2, 0.25) is 5.91 Å². The van der Waals surface area contributed by atoms with E-state index in [2.05, 4.69) is 10.2 Å². The van der Waals surface area contributed by atoms with Gasteiger partial charge in [-0.2, -0.15) is 0 Å². The fourth-order valence-corrected chi connectivity index (χ4v) is 6.12. The molecule has 2 aromatic heterocycles. The molecule has 0 aliphatic carbocycles. The van der Waals surface area contributed by atoms with E-state index in [0.29, 0.717) is 11.5 Å². The third-order valence-electron chi connectivity index (χ3n) is 4.33. The molecule has 0 aromatic carbocycles. The van der Waals surface area contributed by atoms with Gasteiger partial charge in [-0.25, -0.2) is 9.59 Å². The van der Waals surface area contributed by atoms with E-state index >= 15 is 0 Å². The van der Waals surface area contributed by atoms with Gasteiger partial charge in [-0.3, -0.25) is 9.69 Å². The molecule has 0 saturated carbocycles. The summed E-state index contributed by atoms with van der Waals surface area (Å²) < 4.78 is 15.7. The van der Waals surface area contributed by atoms with Gasteiger partial charge < -0.3 is 19.3 Å². The van der Waals surface area contributed by atoms with Crippen LogP contribution in [0.4, 0.5) is 0 Å². The van der Waals surface area contributed by atoms with Crippen LogP contribution < -0.4 is 11.6 Å². The third kappa shape index (κ3) is 5.12. The maximum Gasteiger partial charge on any atom is 0.519 e. The zero-order chi connectivity index (χ0) is 20.7. The van der Waals surface area contributed by atoms with Gasteiger partial charge >= 0.3 is 11.8 Å². The second-order valence-electron chi connectivity index (χ2n) is 6.27. The van der Waals surface area contributed by atoms with Crippen molar-refractivity contribution in [1.29, 1.82) is 0 Å². The largest absolute Gasteiger partial charge is 0.519 e. The topological polar surface area (TPSA) is 142 Å². The van der Waals surface area contributed by atoms with Crippen molar-refractivity contribution in [2.45, 2.75) is 36.2 Å². The number of nitrogens with two attached hydrogens (primary N) is 1. The summed E-state index contributed by atoms with van der Waals surface area (Å²) in [5.74, 6) is -0.516. The first kappa shape index (κ1) is 25.7. The van der Waals surface area contributed by atoms with E-state index in [4.69, 9.17) is 19.3 Å². The fourth-order valence-electron chi connectivity index (χ4n) is 2.87. The molecule has 2 aromatic rings. The van der Waals surface area contributed by atoms with Gasteiger partial charge in [-0.1, -0.05) is 23.1 Å². The zero-order valence-corrected chi connectivity index (χ0v) is 20.3. The number of hydrogen-bond donors (Lipinski definition) is 1. The summed E-state index contributed by atoms with van der Waals surface area (Å²) in [7, 11) is 0. The molecule has 1 saturated heterocycles. The predicted octanol–water partition coefficient (Wildman–Crippen LogP) is 1.88. The Hall–Kier alpha value is -1.51. The number of hydrogen-bond acceptors (Lipinski definition) is 12. The normalized spacial score (nSPS) is 19.8. The summed E-state index contributed by atoms with van der Waals surface area (Å²) >= 11 is 4.40. The van der Waals surface area contributed by atoms with Crippen LogP contribution in [0.15, 0.2) is 29.2 Å². The van der Waals surface area contributed by atoms with Gasteiger partial charge in [0.15, 0.2) is 22.5 Å². The number of esters is 1. The molecule has 170 valence electrons. The predicted molar refractivity (Wildman–Crippen MR) is 120 cm³/mol. The number of thioether (sulfide) groups is 2. The van der Waals surface area contributed by atoms with Crippen LogP contribution in [0.2, 0.25) is 0 Å². The Morgan fingerprint density at radius 3 is 2.65 bits per heavy atom. The van der Waals surface area contributed by atoms with Gasteiger partial charge in [0.1, 0.15) is 22.1 Å². The molecule has 2 atom stereocenters. The van der Waals surface area contributed by atoms with E-state index < -0.39 is 17.8 Å². The standard InChI is InChI=1S/C16H16N4O6S3.2ClH/c1-6-9(26-16(23)25-6)3-24-14(22)11-8(5-28-15-19-18-7(2)29-15)4-27-13-10(17)12(21)20(11)13;;/h10,13H,3-5,17H2,1-2H3;2*1H/t10?,13-;;/m0../s1. The van der Waals surface area contributed by atoms with Crippen LogP contribution in [0.3, 0.4) is 0 Å². The minimum Gasteiger partial charge on any atom is -0.453 e. The number of carbonyl (C=O) groups is 2. The summed E-state index contributed by atoms with van der Waals surface area (Å²) in [5, 5.41) is 8.59. The van der Waals surface area contributed by atoms with E-state index in [0.717, 1.165) is 14.9 Å². The van der Waals surface area contributed by atoms with Crippen molar-refractivity contribution >= 4 is 71.6 Å². The smallest absolute Gasteiger partial charge is 0.453 e. The summed E-state index contributed by atoms with van der Waals surface area (Å²) in [6.45, 7) is 3.12. The average molecular weight is 529 g/mol. The molecular formula is C16H18Cl2N4O6S3. The highest BCUT2D eigenvalue weighted by Crippen LogP contribution is 2.41. The molecule has 15 heteroatoms. The fraction of sp³-hybridized carbons (Fsp3) is 0.438. The molecule has 0 bridgehead atoms. The van der Waals surface area contributed by atoms with E-state index in [1.54, 1.807) is 0 Å². The zero-order valence-electron chi connectivity index (χ0n) is 16.2. The van der Waals surface area contributed by atoms with E-state index in [1.165, 1.54) is 46.7 Å². The monoisotopic (exact) mass is 528 g/mol. The molecule has 2 N–H and O–H groups in total. The third-order valence-corrected chi connectivity index (χ3v) is 7.75. The number of halogens is 2. The molecule has 10 nitrogen and oxygen atoms in total. The highest BCUT2D eigenvalue weighted by atomic mass is 35.5. The SMILES string of the molecule is Cc1nnc(SCC2=C(C(=O)OCc3oc(=O)oc3C)N3C(=O)C(N)[C@@H]3SC2)s1.Cl.Cl. The molecule has 2 aliphatic rings. The first-order valence-corrected chi connectivity index (χ1v) is 11.3. The highest BCUT2D eigenvalue weighted by Gasteiger charge is 2.52. The molecule has 31 heavy (non-hydrogen) atoms. The second kappa shape index (κ2) is 10.4. The van der Waals surface area contributed by atoms with Gasteiger partial charge in [0.25, 0.3) is 0 Å². The van der Waals surface area contributed by atoms with Crippen LogP contribution in [0, 0.1) is 13.8 Å². The van der Waals surface area contributed by atoms with Gasteiger partial charge in [0.05, 0.1) is 0 Å². The summed E-state index contributed by atoms with van der Waals surface area (Å²) in [4.78, 5) is 37.7. The van der Waals surface area contributed by atoms with E-state index in [9.17, 15) is 14.4 Å². The Bertz CT molecular complexity index is 1070. The summed E-state index contributed by atoms with van der Waals surface area (Å²) in [6, 6.07) is -0.642. The van der Waals surface area contributed by atoms with Crippen molar-refractivity contribution in [2.24, 2.45) is 5.73 Å². The molecule has 4 heterocycles. The van der Waals surface area contributed by atoms with Gasteiger partial charge in [-0.15, -0.1) is 46.8 Å². The minimum atomic E-state index is -0.866. The molecule has 4 rings (SSSR count). The molecule has 1 amide bonds. The van der Waals surface area contributed by atoms with E-state index in [-0.39, 0.29) is 59.9 Å². The molecular weight excluding hydrogens is 511 g/mol. The number of rotatable bonds is 6. The lowest BCUT2D eigenvalue weighted by Crippen LogP contribution is -2.68. The van der Waals surface area contributed by atoms with Crippen LogP contribution in [0.25, 0.3) is 0 Å². The summed E-state index contributed by atoms with van der Waals surface area (Å²) in [5.41, 5.74) is 6.81. The van der Waals surface area contributed by atoms with E-state index in [1.807, 2.05) is 6.92 Å². The molecule has 0 radical (unpaired) electrons. The first-order valence-electron chi connectivity index (χ1n) is 8.47. The molecule has 0 spiro atoms. The van der Waals surface area contributed by atoms with Crippen LogP contribution in [0.5, 0.6) is 0 Å². The lowest BCUT2D eigenvalue weighted by atomic mass is 10.0. The Kier molecular flexibility index (Phi) is 8.64. The number of ether oxygens (including phenoxy) is 1. The molecule has 1 unspecified atom stereocenters. The Morgan fingerprint density at radius 2 is 2.03 bits per heavy atom. The molecule has 1 fully saturated rings. The first-order chi connectivity index (χ1) is 13.8. The number of carbonyl (C=O) groups excluding carboxylic acids is 2. The Morgan fingerprint density at radius 1 is 1.29 bits per heavy atom. The lowest BCUT2D eigenvalue weighted by Gasteiger charge is -2.48. The maximum absolute atomic E-state index is 12.8. The number of β-lactam (4-membered cyclic amide) rings is 1. The Balaban J connectivity index is 0.00000171. The maximum atomic E-state index is 12.8. The van der Waals surface area contributed by atoms with Gasteiger partial charge in [0, 0.05) is 11.5 Å². The van der Waals surface area contributed by atoms with Crippen LogP contribution in [-0.2, 0) is 20.9 Å². The second-order valence-corrected chi connectivity index (χ2v) is 9.78. The number of aryl methyl sites for hydroxylation is 2. The van der Waals surface area contributed by atoms with Crippen molar-refractivity contribution in [1.82, 2.24) is 15.1 Å². The number of aromatic nitrogens is 2. The van der Waals surface area contributed by atoms with Gasteiger partial charge in [-0.05, 0) is 19.4 Å². The van der Waals surface area contributed by atoms with Crippen molar-refractivity contribution in [3.8, 4) is 0 Å². The average Bonchev–Trinajstić information content (AvgIpc) is 3.26. The van der Waals surface area contributed by atoms with Crippen molar-refractivity contribution in [3.63, 3.8) is 0 Å². The van der Waals surface area contributed by atoms with Crippen LogP contribution in [-0.4, -0.2) is 49.9 Å². The summed E-state index contributed by atoms with van der Waals surface area (Å²) in [6.07, 6.45) is 0. The minimum absolute atomic E-state index is 0. The number of amides is 1. The van der Waals surface area contributed by atoms with Crippen molar-refractivity contribution < 1.29 is 23.2 Å². The quantitative estimate of drug-likeness (QED) is 0.333. The number of nitrogens with zero attached hydrogens (tertiary/aromatic N) is 3. The highest BCUT2D eigenvalue weighted by molar-refractivity contribution is 8.01.